The molecule has 0 saturated carbocycles. The molecule has 1 unspecified atom stereocenters. The van der Waals surface area contributed by atoms with Crippen molar-refractivity contribution in [2.24, 2.45) is 0 Å². The Balaban J connectivity index is 0.00000121. The predicted octanol–water partition coefficient (Wildman–Crippen LogP) is 1.89. The Bertz CT molecular complexity index is 186. The minimum Gasteiger partial charge on any atom is -0.347 e. The lowest BCUT2D eigenvalue weighted by Gasteiger charge is -2.11. The molecule has 3 nitrogen and oxygen atoms in total. The van der Waals surface area contributed by atoms with Crippen LogP contribution in [0.25, 0.3) is 0 Å². The Morgan fingerprint density at radius 3 is 2.75 bits per heavy atom. The summed E-state index contributed by atoms with van der Waals surface area (Å²) in [5.74, 6) is 1.04. The number of aromatic amines is 1. The zero-order chi connectivity index (χ0) is 8.10. The van der Waals surface area contributed by atoms with Crippen molar-refractivity contribution in [1.82, 2.24) is 15.3 Å². The van der Waals surface area contributed by atoms with E-state index in [1.54, 1.807) is 6.20 Å². The van der Waals surface area contributed by atoms with Crippen LogP contribution < -0.4 is 5.32 Å². The quantitative estimate of drug-likeness (QED) is 0.760. The van der Waals surface area contributed by atoms with Gasteiger partial charge in [0.15, 0.2) is 0 Å². The Kier molecular flexibility index (Phi) is 5.76. The first-order valence-corrected chi connectivity index (χ1v) is 4.11. The van der Waals surface area contributed by atoms with Gasteiger partial charge in [0, 0.05) is 12.4 Å². The number of imidazole rings is 1. The number of aromatic nitrogens is 2. The summed E-state index contributed by atoms with van der Waals surface area (Å²) in [6, 6.07) is 0.384. The molecule has 1 heterocycles. The fraction of sp³-hybridized carbons (Fsp3) is 0.625. The molecule has 0 bridgehead atoms. The van der Waals surface area contributed by atoms with Crippen molar-refractivity contribution in [2.45, 2.75) is 26.3 Å². The van der Waals surface area contributed by atoms with Crippen molar-refractivity contribution in [3.05, 3.63) is 18.2 Å². The number of H-pyrrole nitrogens is 1. The molecule has 0 aliphatic carbocycles. The van der Waals surface area contributed by atoms with Crippen molar-refractivity contribution >= 4 is 12.4 Å². The molecular weight excluding hydrogens is 174 g/mol. The van der Waals surface area contributed by atoms with E-state index in [2.05, 4.69) is 29.1 Å². The van der Waals surface area contributed by atoms with E-state index in [1.165, 1.54) is 0 Å². The molecule has 0 aliphatic rings. The summed E-state index contributed by atoms with van der Waals surface area (Å²) in [5.41, 5.74) is 0. The zero-order valence-corrected chi connectivity index (χ0v) is 8.32. The average Bonchev–Trinajstić information content (AvgIpc) is 2.52. The molecule has 4 heteroatoms. The van der Waals surface area contributed by atoms with Crippen molar-refractivity contribution in [3.63, 3.8) is 0 Å². The Morgan fingerprint density at radius 2 is 2.33 bits per heavy atom. The van der Waals surface area contributed by atoms with Gasteiger partial charge in [-0.1, -0.05) is 13.8 Å². The van der Waals surface area contributed by atoms with Crippen LogP contribution in [0.1, 0.15) is 32.1 Å². The lowest BCUT2D eigenvalue weighted by molar-refractivity contribution is 0.514. The Hall–Kier alpha value is -0.540. The van der Waals surface area contributed by atoms with Crippen LogP contribution in [-0.2, 0) is 0 Å². The highest BCUT2D eigenvalue weighted by atomic mass is 35.5. The summed E-state index contributed by atoms with van der Waals surface area (Å²) in [5, 5.41) is 3.34. The van der Waals surface area contributed by atoms with Crippen LogP contribution >= 0.6 is 12.4 Å². The van der Waals surface area contributed by atoms with Crippen LogP contribution in [0.5, 0.6) is 0 Å². The van der Waals surface area contributed by atoms with Crippen LogP contribution in [0.4, 0.5) is 0 Å². The third-order valence-corrected chi connectivity index (χ3v) is 1.71. The molecule has 1 rings (SSSR count). The van der Waals surface area contributed by atoms with Gasteiger partial charge in [0.25, 0.3) is 0 Å². The van der Waals surface area contributed by atoms with Gasteiger partial charge in [-0.05, 0) is 13.0 Å². The first kappa shape index (κ1) is 11.5. The highest BCUT2D eigenvalue weighted by Gasteiger charge is 2.08. The summed E-state index contributed by atoms with van der Waals surface area (Å²) in [7, 11) is 0. The minimum absolute atomic E-state index is 0. The van der Waals surface area contributed by atoms with Crippen molar-refractivity contribution in [2.75, 3.05) is 6.54 Å². The maximum atomic E-state index is 4.19. The molecule has 2 N–H and O–H groups in total. The first-order chi connectivity index (χ1) is 5.38. The standard InChI is InChI=1S/C8H15N3.ClH/c1-3-7(9-4-2)8-10-5-6-11-8;/h5-7,9H,3-4H2,1-2H3,(H,10,11);1H. The summed E-state index contributed by atoms with van der Waals surface area (Å²) >= 11 is 0. The topological polar surface area (TPSA) is 40.7 Å². The van der Waals surface area contributed by atoms with Gasteiger partial charge in [-0.2, -0.15) is 0 Å². The van der Waals surface area contributed by atoms with Crippen LogP contribution in [-0.4, -0.2) is 16.5 Å². The highest BCUT2D eigenvalue weighted by Crippen LogP contribution is 2.09. The summed E-state index contributed by atoms with van der Waals surface area (Å²) in [4.78, 5) is 7.29. The number of nitrogens with one attached hydrogen (secondary N) is 2. The van der Waals surface area contributed by atoms with Gasteiger partial charge in [0.1, 0.15) is 5.82 Å². The van der Waals surface area contributed by atoms with Gasteiger partial charge < -0.3 is 10.3 Å². The molecule has 0 saturated heterocycles. The predicted molar refractivity (Wildman–Crippen MR) is 52.5 cm³/mol. The number of hydrogen-bond acceptors (Lipinski definition) is 2. The van der Waals surface area contributed by atoms with E-state index in [1.807, 2.05) is 6.20 Å². The molecule has 0 fully saturated rings. The molecule has 0 aromatic carbocycles. The fourth-order valence-electron chi connectivity index (χ4n) is 1.15. The summed E-state index contributed by atoms with van der Waals surface area (Å²) in [6.07, 6.45) is 4.71. The molecule has 0 aliphatic heterocycles. The summed E-state index contributed by atoms with van der Waals surface area (Å²) in [6.45, 7) is 5.24. The van der Waals surface area contributed by atoms with E-state index in [-0.39, 0.29) is 12.4 Å². The van der Waals surface area contributed by atoms with Gasteiger partial charge in [-0.15, -0.1) is 12.4 Å². The molecule has 1 aromatic rings. The van der Waals surface area contributed by atoms with E-state index in [0.29, 0.717) is 6.04 Å². The second-order valence-corrected chi connectivity index (χ2v) is 2.49. The SMILES string of the molecule is CCNC(CC)c1ncc[nH]1.Cl. The second-order valence-electron chi connectivity index (χ2n) is 2.49. The van der Waals surface area contributed by atoms with Crippen LogP contribution in [0, 0.1) is 0 Å². The Morgan fingerprint density at radius 1 is 1.58 bits per heavy atom. The molecule has 12 heavy (non-hydrogen) atoms. The third-order valence-electron chi connectivity index (χ3n) is 1.71. The molecule has 0 amide bonds. The number of hydrogen-bond donors (Lipinski definition) is 2. The van der Waals surface area contributed by atoms with Gasteiger partial charge in [-0.3, -0.25) is 0 Å². The average molecular weight is 190 g/mol. The first-order valence-electron chi connectivity index (χ1n) is 4.11. The minimum atomic E-state index is 0. The van der Waals surface area contributed by atoms with Crippen molar-refractivity contribution in [1.29, 1.82) is 0 Å². The van der Waals surface area contributed by atoms with E-state index < -0.39 is 0 Å². The maximum absolute atomic E-state index is 4.19. The van der Waals surface area contributed by atoms with Gasteiger partial charge >= 0.3 is 0 Å². The lowest BCUT2D eigenvalue weighted by Crippen LogP contribution is -2.21. The van der Waals surface area contributed by atoms with E-state index >= 15 is 0 Å². The summed E-state index contributed by atoms with van der Waals surface area (Å²) < 4.78 is 0. The van der Waals surface area contributed by atoms with Crippen LogP contribution in [0.3, 0.4) is 0 Å². The van der Waals surface area contributed by atoms with Gasteiger partial charge in [0.05, 0.1) is 6.04 Å². The lowest BCUT2D eigenvalue weighted by atomic mass is 10.2. The molecule has 0 radical (unpaired) electrons. The number of rotatable bonds is 4. The van der Waals surface area contributed by atoms with Crippen molar-refractivity contribution in [3.8, 4) is 0 Å². The Labute approximate surface area is 79.4 Å². The van der Waals surface area contributed by atoms with Crippen molar-refractivity contribution < 1.29 is 0 Å². The molecular formula is C8H16ClN3. The van der Waals surface area contributed by atoms with Crippen LogP contribution in [0.15, 0.2) is 12.4 Å². The largest absolute Gasteiger partial charge is 0.347 e. The zero-order valence-electron chi connectivity index (χ0n) is 7.50. The normalized spacial score (nSPS) is 12.2. The smallest absolute Gasteiger partial charge is 0.123 e. The second kappa shape index (κ2) is 6.03. The van der Waals surface area contributed by atoms with Crippen LogP contribution in [0.2, 0.25) is 0 Å². The molecule has 1 aromatic heterocycles. The van der Waals surface area contributed by atoms with Gasteiger partial charge in [-0.25, -0.2) is 4.98 Å². The highest BCUT2D eigenvalue weighted by molar-refractivity contribution is 5.85. The molecule has 0 spiro atoms. The van der Waals surface area contributed by atoms with E-state index in [9.17, 15) is 0 Å². The van der Waals surface area contributed by atoms with E-state index in [4.69, 9.17) is 0 Å². The third kappa shape index (κ3) is 2.83. The number of halogens is 1. The number of nitrogens with zero attached hydrogens (tertiary/aromatic N) is 1. The fourth-order valence-corrected chi connectivity index (χ4v) is 1.15. The monoisotopic (exact) mass is 189 g/mol. The van der Waals surface area contributed by atoms with Gasteiger partial charge in [0.2, 0.25) is 0 Å². The molecule has 1 atom stereocenters. The van der Waals surface area contributed by atoms with E-state index in [0.717, 1.165) is 18.8 Å². The molecule has 70 valence electrons. The maximum Gasteiger partial charge on any atom is 0.123 e.